The molecule has 0 N–H and O–H groups in total. The standard InChI is InChI=1S/C20H20BN3OS/c1-13-8-9-18-16(10-13)22-19(26-18)12-24-20(25)15-7-5-4-6-14(15)17(23-24)11-21(2)3/h4-10H,11-12H2,1-3H3. The van der Waals surface area contributed by atoms with E-state index in [4.69, 9.17) is 10.1 Å². The number of hydrogen-bond acceptors (Lipinski definition) is 4. The summed E-state index contributed by atoms with van der Waals surface area (Å²) in [5.74, 6) is 0. The summed E-state index contributed by atoms with van der Waals surface area (Å²) < 4.78 is 2.71. The van der Waals surface area contributed by atoms with E-state index in [0.29, 0.717) is 13.3 Å². The maximum Gasteiger partial charge on any atom is 0.275 e. The highest BCUT2D eigenvalue weighted by atomic mass is 32.1. The number of fused-ring (bicyclic) bond motifs is 2. The molecule has 0 amide bonds. The van der Waals surface area contributed by atoms with Crippen LogP contribution in [0.1, 0.15) is 16.3 Å². The van der Waals surface area contributed by atoms with E-state index in [1.54, 1.807) is 16.0 Å². The molecule has 2 heterocycles. The van der Waals surface area contributed by atoms with Crippen molar-refractivity contribution >= 4 is 39.0 Å². The summed E-state index contributed by atoms with van der Waals surface area (Å²) in [6.45, 7) is 7.28. The number of aromatic nitrogens is 3. The Labute approximate surface area is 156 Å². The van der Waals surface area contributed by atoms with Gasteiger partial charge < -0.3 is 0 Å². The monoisotopic (exact) mass is 361 g/mol. The molecule has 0 atom stereocenters. The Morgan fingerprint density at radius 3 is 2.65 bits per heavy atom. The third-order valence-electron chi connectivity index (χ3n) is 4.42. The average molecular weight is 361 g/mol. The number of benzene rings is 2. The fourth-order valence-electron chi connectivity index (χ4n) is 3.23. The molecule has 0 unspecified atom stereocenters. The molecule has 0 saturated heterocycles. The van der Waals surface area contributed by atoms with Gasteiger partial charge in [0.15, 0.2) is 0 Å². The van der Waals surface area contributed by atoms with E-state index in [1.807, 2.05) is 24.3 Å². The number of aryl methyl sites for hydroxylation is 1. The van der Waals surface area contributed by atoms with Crippen LogP contribution in [0.3, 0.4) is 0 Å². The minimum absolute atomic E-state index is 0.0523. The molecule has 6 heteroatoms. The molecule has 4 nitrogen and oxygen atoms in total. The van der Waals surface area contributed by atoms with Crippen molar-refractivity contribution in [3.63, 3.8) is 0 Å². The highest BCUT2D eigenvalue weighted by molar-refractivity contribution is 7.18. The molecular weight excluding hydrogens is 341 g/mol. The van der Waals surface area contributed by atoms with Gasteiger partial charge in [-0.05, 0) is 37.0 Å². The summed E-state index contributed by atoms with van der Waals surface area (Å²) in [6.07, 6.45) is 0.847. The fraction of sp³-hybridized carbons (Fsp3) is 0.250. The van der Waals surface area contributed by atoms with E-state index in [0.717, 1.165) is 38.0 Å². The molecule has 0 saturated carbocycles. The molecule has 130 valence electrons. The first-order valence-corrected chi connectivity index (χ1v) is 9.67. The predicted molar refractivity (Wildman–Crippen MR) is 111 cm³/mol. The predicted octanol–water partition coefficient (Wildman–Crippen LogP) is 4.20. The lowest BCUT2D eigenvalue weighted by atomic mass is 9.51. The van der Waals surface area contributed by atoms with Gasteiger partial charge in [0.05, 0.1) is 27.8 Å². The number of rotatable bonds is 4. The summed E-state index contributed by atoms with van der Waals surface area (Å²) in [7, 11) is 0. The zero-order chi connectivity index (χ0) is 18.3. The van der Waals surface area contributed by atoms with Crippen molar-refractivity contribution in [3.05, 3.63) is 69.1 Å². The highest BCUT2D eigenvalue weighted by Gasteiger charge is 2.14. The molecule has 4 rings (SSSR count). The topological polar surface area (TPSA) is 47.8 Å². The van der Waals surface area contributed by atoms with E-state index in [-0.39, 0.29) is 5.56 Å². The zero-order valence-corrected chi connectivity index (χ0v) is 16.0. The summed E-state index contributed by atoms with van der Waals surface area (Å²) >= 11 is 1.62. The van der Waals surface area contributed by atoms with Crippen LogP contribution >= 0.6 is 11.3 Å². The molecule has 26 heavy (non-hydrogen) atoms. The van der Waals surface area contributed by atoms with Crippen LogP contribution in [0.2, 0.25) is 13.6 Å². The van der Waals surface area contributed by atoms with Crippen molar-refractivity contribution in [2.24, 2.45) is 0 Å². The van der Waals surface area contributed by atoms with E-state index in [2.05, 4.69) is 38.8 Å². The van der Waals surface area contributed by atoms with Gasteiger partial charge in [-0.15, -0.1) is 11.3 Å². The molecule has 0 aliphatic rings. The number of hydrogen-bond donors (Lipinski definition) is 0. The summed E-state index contributed by atoms with van der Waals surface area (Å²) in [5, 5.41) is 7.29. The van der Waals surface area contributed by atoms with Gasteiger partial charge >= 0.3 is 0 Å². The van der Waals surface area contributed by atoms with Crippen LogP contribution in [0.25, 0.3) is 21.0 Å². The molecule has 0 aliphatic heterocycles. The first kappa shape index (κ1) is 17.0. The Kier molecular flexibility index (Phi) is 4.37. The first-order chi connectivity index (χ1) is 12.5. The van der Waals surface area contributed by atoms with Gasteiger partial charge in [-0.25, -0.2) is 9.67 Å². The quantitative estimate of drug-likeness (QED) is 0.512. The van der Waals surface area contributed by atoms with Crippen molar-refractivity contribution < 1.29 is 0 Å². The van der Waals surface area contributed by atoms with Crippen LogP contribution in [0.5, 0.6) is 0 Å². The fourth-order valence-corrected chi connectivity index (χ4v) is 4.16. The van der Waals surface area contributed by atoms with Crippen molar-refractivity contribution in [1.82, 2.24) is 14.8 Å². The normalized spacial score (nSPS) is 11.3. The largest absolute Gasteiger partial charge is 0.275 e. The molecule has 0 fully saturated rings. The van der Waals surface area contributed by atoms with E-state index >= 15 is 0 Å². The summed E-state index contributed by atoms with van der Waals surface area (Å²) in [4.78, 5) is 17.6. The Morgan fingerprint density at radius 1 is 1.12 bits per heavy atom. The molecular formula is C20H20BN3OS. The molecule has 0 radical (unpaired) electrons. The van der Waals surface area contributed by atoms with E-state index in [9.17, 15) is 4.79 Å². The van der Waals surface area contributed by atoms with Crippen LogP contribution in [0, 0.1) is 6.92 Å². The lowest BCUT2D eigenvalue weighted by Crippen LogP contribution is -2.26. The van der Waals surface area contributed by atoms with E-state index < -0.39 is 0 Å². The minimum atomic E-state index is -0.0523. The van der Waals surface area contributed by atoms with Crippen molar-refractivity contribution in [2.45, 2.75) is 33.4 Å². The molecule has 2 aromatic heterocycles. The lowest BCUT2D eigenvalue weighted by molar-refractivity contribution is 0.634. The van der Waals surface area contributed by atoms with Gasteiger partial charge in [0.1, 0.15) is 11.7 Å². The SMILES string of the molecule is CB(C)Cc1nn(Cc2nc3cc(C)ccc3s2)c(=O)c2ccccc12. The minimum Gasteiger partial charge on any atom is -0.267 e. The highest BCUT2D eigenvalue weighted by Crippen LogP contribution is 2.23. The Balaban J connectivity index is 1.82. The van der Waals surface area contributed by atoms with Crippen LogP contribution in [0.4, 0.5) is 0 Å². The lowest BCUT2D eigenvalue weighted by Gasteiger charge is -2.10. The van der Waals surface area contributed by atoms with E-state index in [1.165, 1.54) is 5.56 Å². The number of thiazole rings is 1. The van der Waals surface area contributed by atoms with Crippen molar-refractivity contribution in [3.8, 4) is 0 Å². The number of nitrogens with zero attached hydrogens (tertiary/aromatic N) is 3. The van der Waals surface area contributed by atoms with Gasteiger partial charge in [-0.2, -0.15) is 5.10 Å². The van der Waals surface area contributed by atoms with Crippen LogP contribution in [0.15, 0.2) is 47.3 Å². The smallest absolute Gasteiger partial charge is 0.267 e. The van der Waals surface area contributed by atoms with Crippen LogP contribution in [-0.2, 0) is 12.9 Å². The van der Waals surface area contributed by atoms with Crippen LogP contribution < -0.4 is 5.56 Å². The van der Waals surface area contributed by atoms with Crippen LogP contribution in [-0.4, -0.2) is 21.5 Å². The molecule has 0 bridgehead atoms. The van der Waals surface area contributed by atoms with Crippen molar-refractivity contribution in [1.29, 1.82) is 0 Å². The van der Waals surface area contributed by atoms with Gasteiger partial charge in [0.25, 0.3) is 5.56 Å². The van der Waals surface area contributed by atoms with Gasteiger partial charge in [-0.3, -0.25) is 4.79 Å². The Morgan fingerprint density at radius 2 is 1.88 bits per heavy atom. The first-order valence-electron chi connectivity index (χ1n) is 8.86. The average Bonchev–Trinajstić information content (AvgIpc) is 3.00. The Hall–Kier alpha value is -2.47. The molecule has 4 aromatic rings. The third kappa shape index (κ3) is 3.17. The maximum atomic E-state index is 12.9. The second kappa shape index (κ2) is 6.69. The summed E-state index contributed by atoms with van der Waals surface area (Å²) in [5.41, 5.74) is 3.10. The third-order valence-corrected chi connectivity index (χ3v) is 5.44. The molecule has 0 aliphatic carbocycles. The second-order valence-corrected chi connectivity index (χ2v) is 8.25. The van der Waals surface area contributed by atoms with Crippen molar-refractivity contribution in [2.75, 3.05) is 0 Å². The molecule has 0 spiro atoms. The summed E-state index contributed by atoms with van der Waals surface area (Å²) in [6, 6.07) is 14.0. The van der Waals surface area contributed by atoms with Gasteiger partial charge in [0.2, 0.25) is 0 Å². The maximum absolute atomic E-state index is 12.9. The van der Waals surface area contributed by atoms with Gasteiger partial charge in [-0.1, -0.05) is 37.9 Å². The molecule has 2 aromatic carbocycles. The van der Waals surface area contributed by atoms with Gasteiger partial charge in [0, 0.05) is 5.39 Å². The Bertz CT molecular complexity index is 1160. The zero-order valence-electron chi connectivity index (χ0n) is 15.2. The second-order valence-electron chi connectivity index (χ2n) is 7.13.